The van der Waals surface area contributed by atoms with Crippen LogP contribution in [-0.4, -0.2) is 32.5 Å². The summed E-state index contributed by atoms with van der Waals surface area (Å²) in [6.45, 7) is 5.00. The van der Waals surface area contributed by atoms with Gasteiger partial charge >= 0.3 is 0 Å². The van der Waals surface area contributed by atoms with Crippen LogP contribution in [0.2, 0.25) is 0 Å². The van der Waals surface area contributed by atoms with E-state index in [4.69, 9.17) is 0 Å². The van der Waals surface area contributed by atoms with E-state index in [1.807, 2.05) is 0 Å². The van der Waals surface area contributed by atoms with Crippen LogP contribution >= 0.6 is 0 Å². The first-order valence-electron chi connectivity index (χ1n) is 7.03. The molecule has 0 bridgehead atoms. The zero-order chi connectivity index (χ0) is 12.7. The van der Waals surface area contributed by atoms with Crippen molar-refractivity contribution in [3.63, 3.8) is 0 Å². The summed E-state index contributed by atoms with van der Waals surface area (Å²) in [5, 5.41) is 3.59. The van der Waals surface area contributed by atoms with Crippen LogP contribution in [-0.2, 0) is 9.84 Å². The van der Waals surface area contributed by atoms with Gasteiger partial charge in [0.1, 0.15) is 9.84 Å². The van der Waals surface area contributed by atoms with E-state index in [-0.39, 0.29) is 5.75 Å². The fourth-order valence-electron chi connectivity index (χ4n) is 2.16. The summed E-state index contributed by atoms with van der Waals surface area (Å²) < 4.78 is 22.7. The molecule has 1 aliphatic carbocycles. The zero-order valence-corrected chi connectivity index (χ0v) is 12.1. The predicted octanol–water partition coefficient (Wildman–Crippen LogP) is 2.37. The van der Waals surface area contributed by atoms with Crippen molar-refractivity contribution in [1.82, 2.24) is 5.32 Å². The lowest BCUT2D eigenvalue weighted by molar-refractivity contribution is 0.423. The number of hydrogen-bond donors (Lipinski definition) is 1. The van der Waals surface area contributed by atoms with Crippen molar-refractivity contribution >= 4 is 9.84 Å². The molecule has 0 amide bonds. The maximum atomic E-state index is 11.3. The summed E-state index contributed by atoms with van der Waals surface area (Å²) in [6.07, 6.45) is 6.89. The van der Waals surface area contributed by atoms with Crippen molar-refractivity contribution in [2.45, 2.75) is 58.4 Å². The molecule has 0 heterocycles. The van der Waals surface area contributed by atoms with Gasteiger partial charge in [0.05, 0.1) is 5.75 Å². The first kappa shape index (κ1) is 15.0. The minimum absolute atomic E-state index is 0.285. The highest BCUT2D eigenvalue weighted by Gasteiger charge is 2.30. The van der Waals surface area contributed by atoms with Gasteiger partial charge in [0, 0.05) is 11.8 Å². The third-order valence-corrected chi connectivity index (χ3v) is 5.30. The molecule has 0 aromatic rings. The number of rotatable bonds is 10. The quantitative estimate of drug-likeness (QED) is 0.614. The first-order chi connectivity index (χ1) is 8.09. The predicted molar refractivity (Wildman–Crippen MR) is 73.0 cm³/mol. The average molecular weight is 261 g/mol. The molecular formula is C13H27NO2S. The molecule has 1 fully saturated rings. The molecule has 0 spiro atoms. The molecule has 1 unspecified atom stereocenters. The molecule has 102 valence electrons. The molecule has 3 nitrogen and oxygen atoms in total. The van der Waals surface area contributed by atoms with Crippen molar-refractivity contribution in [3.05, 3.63) is 0 Å². The number of sulfone groups is 1. The normalized spacial score (nSPS) is 18.2. The molecule has 0 aromatic carbocycles. The lowest BCUT2D eigenvalue weighted by atomic mass is 10.1. The molecule has 1 atom stereocenters. The van der Waals surface area contributed by atoms with Crippen LogP contribution in [0.1, 0.15) is 52.4 Å². The van der Waals surface area contributed by atoms with Gasteiger partial charge in [-0.05, 0) is 44.6 Å². The fraction of sp³-hybridized carbons (Fsp3) is 1.00. The maximum absolute atomic E-state index is 11.3. The van der Waals surface area contributed by atoms with Gasteiger partial charge in [-0.1, -0.05) is 20.3 Å². The van der Waals surface area contributed by atoms with E-state index in [1.165, 1.54) is 19.3 Å². The highest BCUT2D eigenvalue weighted by Crippen LogP contribution is 2.34. The molecule has 0 aliphatic heterocycles. The van der Waals surface area contributed by atoms with Gasteiger partial charge in [-0.15, -0.1) is 0 Å². The molecule has 1 aliphatic rings. The standard InChI is InChI=1S/C13H27NO2S/c1-3-10-14-13(12-8-9-12)7-5-6-11-17(15,16)4-2/h12-14H,3-11H2,1-2H3. The van der Waals surface area contributed by atoms with E-state index in [0.717, 1.165) is 31.7 Å². The summed E-state index contributed by atoms with van der Waals surface area (Å²) in [4.78, 5) is 0. The Labute approximate surface area is 106 Å². The summed E-state index contributed by atoms with van der Waals surface area (Å²) in [6, 6.07) is 0.638. The van der Waals surface area contributed by atoms with Gasteiger partial charge in [-0.3, -0.25) is 0 Å². The second-order valence-electron chi connectivity index (χ2n) is 5.13. The molecule has 1 rings (SSSR count). The Morgan fingerprint density at radius 2 is 1.94 bits per heavy atom. The summed E-state index contributed by atoms with van der Waals surface area (Å²) in [5.74, 6) is 1.52. The Kier molecular flexibility index (Phi) is 6.49. The van der Waals surface area contributed by atoms with Crippen LogP contribution in [0.4, 0.5) is 0 Å². The monoisotopic (exact) mass is 261 g/mol. The van der Waals surface area contributed by atoms with Crippen molar-refractivity contribution in [3.8, 4) is 0 Å². The van der Waals surface area contributed by atoms with Gasteiger partial charge < -0.3 is 5.32 Å². The molecule has 0 saturated heterocycles. The maximum Gasteiger partial charge on any atom is 0.150 e. The smallest absolute Gasteiger partial charge is 0.150 e. The van der Waals surface area contributed by atoms with Gasteiger partial charge in [0.2, 0.25) is 0 Å². The van der Waals surface area contributed by atoms with Gasteiger partial charge in [0.15, 0.2) is 0 Å². The zero-order valence-electron chi connectivity index (χ0n) is 11.2. The van der Waals surface area contributed by atoms with E-state index < -0.39 is 9.84 Å². The van der Waals surface area contributed by atoms with E-state index in [2.05, 4.69) is 12.2 Å². The molecular weight excluding hydrogens is 234 g/mol. The SMILES string of the molecule is CCCNC(CCCCS(=O)(=O)CC)C1CC1. The van der Waals surface area contributed by atoms with E-state index in [1.54, 1.807) is 6.92 Å². The Balaban J connectivity index is 2.14. The minimum Gasteiger partial charge on any atom is -0.314 e. The van der Waals surface area contributed by atoms with Crippen LogP contribution in [0.15, 0.2) is 0 Å². The summed E-state index contributed by atoms with van der Waals surface area (Å²) in [5.41, 5.74) is 0. The Morgan fingerprint density at radius 1 is 1.24 bits per heavy atom. The summed E-state index contributed by atoms with van der Waals surface area (Å²) in [7, 11) is -2.76. The molecule has 4 heteroatoms. The van der Waals surface area contributed by atoms with Crippen molar-refractivity contribution < 1.29 is 8.42 Å². The Hall–Kier alpha value is -0.0900. The van der Waals surface area contributed by atoms with E-state index in [0.29, 0.717) is 11.8 Å². The number of hydrogen-bond acceptors (Lipinski definition) is 3. The van der Waals surface area contributed by atoms with Crippen molar-refractivity contribution in [2.24, 2.45) is 5.92 Å². The summed E-state index contributed by atoms with van der Waals surface area (Å²) >= 11 is 0. The van der Waals surface area contributed by atoms with Crippen LogP contribution in [0.5, 0.6) is 0 Å². The Bertz CT molecular complexity index is 297. The lowest BCUT2D eigenvalue weighted by Gasteiger charge is -2.17. The second-order valence-corrected chi connectivity index (χ2v) is 7.60. The fourth-order valence-corrected chi connectivity index (χ4v) is 3.10. The molecule has 0 radical (unpaired) electrons. The van der Waals surface area contributed by atoms with E-state index >= 15 is 0 Å². The van der Waals surface area contributed by atoms with Gasteiger partial charge in [0.25, 0.3) is 0 Å². The molecule has 1 N–H and O–H groups in total. The third-order valence-electron chi connectivity index (χ3n) is 3.51. The van der Waals surface area contributed by atoms with Crippen molar-refractivity contribution in [2.75, 3.05) is 18.1 Å². The van der Waals surface area contributed by atoms with Gasteiger partial charge in [-0.25, -0.2) is 8.42 Å². The van der Waals surface area contributed by atoms with Crippen LogP contribution in [0.25, 0.3) is 0 Å². The topological polar surface area (TPSA) is 46.2 Å². The number of nitrogens with one attached hydrogen (secondary N) is 1. The van der Waals surface area contributed by atoms with E-state index in [9.17, 15) is 8.42 Å². The Morgan fingerprint density at radius 3 is 2.47 bits per heavy atom. The molecule has 0 aromatic heterocycles. The van der Waals surface area contributed by atoms with Crippen LogP contribution in [0, 0.1) is 5.92 Å². The average Bonchev–Trinajstić information content (AvgIpc) is 3.12. The third kappa shape index (κ3) is 6.41. The van der Waals surface area contributed by atoms with Gasteiger partial charge in [-0.2, -0.15) is 0 Å². The lowest BCUT2D eigenvalue weighted by Crippen LogP contribution is -2.31. The number of unbranched alkanes of at least 4 members (excludes halogenated alkanes) is 1. The first-order valence-corrected chi connectivity index (χ1v) is 8.85. The van der Waals surface area contributed by atoms with Crippen LogP contribution in [0.3, 0.4) is 0 Å². The highest BCUT2D eigenvalue weighted by molar-refractivity contribution is 7.91. The minimum atomic E-state index is -2.76. The highest BCUT2D eigenvalue weighted by atomic mass is 32.2. The molecule has 1 saturated carbocycles. The van der Waals surface area contributed by atoms with Crippen LogP contribution < -0.4 is 5.32 Å². The van der Waals surface area contributed by atoms with Crippen molar-refractivity contribution in [1.29, 1.82) is 0 Å². The molecule has 17 heavy (non-hydrogen) atoms. The second kappa shape index (κ2) is 7.37. The largest absolute Gasteiger partial charge is 0.314 e.